The summed E-state index contributed by atoms with van der Waals surface area (Å²) in [7, 11) is 0. The predicted molar refractivity (Wildman–Crippen MR) is 89.5 cm³/mol. The van der Waals surface area contributed by atoms with Crippen molar-refractivity contribution >= 4 is 34.9 Å². The molecule has 24 heavy (non-hydrogen) atoms. The van der Waals surface area contributed by atoms with Gasteiger partial charge in [-0.25, -0.2) is 4.79 Å². The van der Waals surface area contributed by atoms with Crippen molar-refractivity contribution in [1.29, 1.82) is 0 Å². The fourth-order valence-corrected chi connectivity index (χ4v) is 2.92. The minimum Gasteiger partial charge on any atom is -0.384 e. The molecule has 0 aliphatic carbocycles. The summed E-state index contributed by atoms with van der Waals surface area (Å²) < 4.78 is 0. The van der Waals surface area contributed by atoms with Crippen molar-refractivity contribution in [3.05, 3.63) is 53.1 Å². The number of urea groups is 1. The number of amides is 4. The van der Waals surface area contributed by atoms with Gasteiger partial charge in [0.1, 0.15) is 0 Å². The number of fused-ring (bicyclic) bond motifs is 2. The van der Waals surface area contributed by atoms with Crippen LogP contribution in [0.25, 0.3) is 0 Å². The van der Waals surface area contributed by atoms with Crippen LogP contribution in [-0.4, -0.2) is 24.4 Å². The molecular formula is C17H14N4O3. The van der Waals surface area contributed by atoms with Gasteiger partial charge in [-0.15, -0.1) is 0 Å². The van der Waals surface area contributed by atoms with Crippen molar-refractivity contribution < 1.29 is 14.4 Å². The third-order valence-electron chi connectivity index (χ3n) is 4.07. The quantitative estimate of drug-likeness (QED) is 0.637. The molecule has 0 aromatic heterocycles. The van der Waals surface area contributed by atoms with Crippen LogP contribution in [0.5, 0.6) is 0 Å². The summed E-state index contributed by atoms with van der Waals surface area (Å²) in [6, 6.07) is 9.88. The van der Waals surface area contributed by atoms with Crippen LogP contribution >= 0.6 is 0 Å². The molecule has 4 N–H and O–H groups in total. The zero-order valence-corrected chi connectivity index (χ0v) is 12.6. The van der Waals surface area contributed by atoms with Crippen LogP contribution in [0.15, 0.2) is 36.4 Å². The molecule has 2 aliphatic rings. The fraction of sp³-hybridized carbons (Fsp3) is 0.118. The Morgan fingerprint density at radius 3 is 2.46 bits per heavy atom. The minimum atomic E-state index is -0.454. The molecular weight excluding hydrogens is 308 g/mol. The minimum absolute atomic E-state index is 0.265. The van der Waals surface area contributed by atoms with Crippen LogP contribution in [-0.2, 0) is 6.42 Å². The molecule has 4 rings (SSSR count). The van der Waals surface area contributed by atoms with E-state index in [2.05, 4.69) is 21.3 Å². The smallest absolute Gasteiger partial charge is 0.323 e. The highest BCUT2D eigenvalue weighted by molar-refractivity contribution is 6.22. The highest BCUT2D eigenvalue weighted by Crippen LogP contribution is 2.25. The van der Waals surface area contributed by atoms with E-state index in [0.717, 1.165) is 18.7 Å². The van der Waals surface area contributed by atoms with Crippen LogP contribution in [0, 0.1) is 0 Å². The molecule has 0 saturated heterocycles. The predicted octanol–water partition coefficient (Wildman–Crippen LogP) is 2.18. The van der Waals surface area contributed by atoms with E-state index in [1.165, 1.54) is 17.7 Å². The van der Waals surface area contributed by atoms with Gasteiger partial charge in [0, 0.05) is 23.6 Å². The molecule has 0 atom stereocenters. The first-order chi connectivity index (χ1) is 11.6. The summed E-state index contributed by atoms with van der Waals surface area (Å²) in [6.07, 6.45) is 0.931. The highest BCUT2D eigenvalue weighted by Gasteiger charge is 2.26. The Bertz CT molecular complexity index is 891. The molecule has 7 nitrogen and oxygen atoms in total. The lowest BCUT2D eigenvalue weighted by Crippen LogP contribution is -2.20. The van der Waals surface area contributed by atoms with Crippen LogP contribution in [0.2, 0.25) is 0 Å². The molecule has 2 aliphatic heterocycles. The van der Waals surface area contributed by atoms with E-state index < -0.39 is 17.8 Å². The topological polar surface area (TPSA) is 99.3 Å². The molecule has 120 valence electrons. The average Bonchev–Trinajstić information content (AvgIpc) is 3.12. The van der Waals surface area contributed by atoms with E-state index >= 15 is 0 Å². The number of hydrogen-bond acceptors (Lipinski definition) is 4. The van der Waals surface area contributed by atoms with Crippen LogP contribution in [0.4, 0.5) is 21.9 Å². The van der Waals surface area contributed by atoms with Crippen molar-refractivity contribution in [1.82, 2.24) is 5.32 Å². The average molecular weight is 322 g/mol. The molecule has 0 unspecified atom stereocenters. The first kappa shape index (κ1) is 14.3. The lowest BCUT2D eigenvalue weighted by atomic mass is 10.1. The van der Waals surface area contributed by atoms with Gasteiger partial charge in [0.25, 0.3) is 11.8 Å². The molecule has 2 heterocycles. The van der Waals surface area contributed by atoms with Crippen LogP contribution in [0.1, 0.15) is 26.3 Å². The third-order valence-corrected chi connectivity index (χ3v) is 4.07. The molecule has 2 aromatic carbocycles. The summed E-state index contributed by atoms with van der Waals surface area (Å²) in [5, 5.41) is 10.9. The number of imide groups is 1. The zero-order valence-electron chi connectivity index (χ0n) is 12.6. The van der Waals surface area contributed by atoms with Crippen molar-refractivity contribution in [3.63, 3.8) is 0 Å². The monoisotopic (exact) mass is 322 g/mol. The van der Waals surface area contributed by atoms with E-state index in [-0.39, 0.29) is 5.56 Å². The Morgan fingerprint density at radius 2 is 1.62 bits per heavy atom. The van der Waals surface area contributed by atoms with E-state index in [4.69, 9.17) is 0 Å². The summed E-state index contributed by atoms with van der Waals surface area (Å²) >= 11 is 0. The number of rotatable bonds is 2. The highest BCUT2D eigenvalue weighted by atomic mass is 16.2. The lowest BCUT2D eigenvalue weighted by Gasteiger charge is -2.09. The Morgan fingerprint density at radius 1 is 0.917 bits per heavy atom. The first-order valence-corrected chi connectivity index (χ1v) is 7.55. The Labute approximate surface area is 137 Å². The molecule has 0 fully saturated rings. The number of hydrogen-bond donors (Lipinski definition) is 4. The molecule has 0 spiro atoms. The van der Waals surface area contributed by atoms with E-state index in [0.29, 0.717) is 16.9 Å². The third kappa shape index (κ3) is 2.45. The van der Waals surface area contributed by atoms with Gasteiger partial charge in [0.05, 0.1) is 11.1 Å². The van der Waals surface area contributed by atoms with Crippen molar-refractivity contribution in [3.8, 4) is 0 Å². The van der Waals surface area contributed by atoms with Gasteiger partial charge in [-0.2, -0.15) is 0 Å². The maximum absolute atomic E-state index is 12.1. The van der Waals surface area contributed by atoms with E-state index in [9.17, 15) is 14.4 Å². The van der Waals surface area contributed by atoms with Gasteiger partial charge < -0.3 is 16.0 Å². The summed E-state index contributed by atoms with van der Waals surface area (Å²) in [5.74, 6) is -0.872. The van der Waals surface area contributed by atoms with Gasteiger partial charge >= 0.3 is 6.03 Å². The summed E-state index contributed by atoms with van der Waals surface area (Å²) in [4.78, 5) is 35.3. The molecule has 0 saturated carbocycles. The molecule has 7 heteroatoms. The maximum atomic E-state index is 12.1. The lowest BCUT2D eigenvalue weighted by molar-refractivity contribution is 0.0879. The first-order valence-electron chi connectivity index (χ1n) is 7.55. The number of carbonyl (C=O) groups excluding carboxylic acids is 3. The number of nitrogens with one attached hydrogen (secondary N) is 4. The Hall–Kier alpha value is -3.35. The Kier molecular flexibility index (Phi) is 3.19. The van der Waals surface area contributed by atoms with Crippen LogP contribution in [0.3, 0.4) is 0 Å². The van der Waals surface area contributed by atoms with E-state index in [1.54, 1.807) is 6.07 Å². The second kappa shape index (κ2) is 5.38. The number of benzene rings is 2. The molecule has 0 bridgehead atoms. The summed E-state index contributed by atoms with van der Waals surface area (Å²) in [5.41, 5.74) is 3.98. The van der Waals surface area contributed by atoms with Gasteiger partial charge in [-0.1, -0.05) is 0 Å². The van der Waals surface area contributed by atoms with Gasteiger partial charge in [0.15, 0.2) is 0 Å². The van der Waals surface area contributed by atoms with Crippen LogP contribution < -0.4 is 21.3 Å². The molecule has 4 amide bonds. The maximum Gasteiger partial charge on any atom is 0.323 e. The van der Waals surface area contributed by atoms with Gasteiger partial charge in [-0.05, 0) is 48.4 Å². The second-order valence-electron chi connectivity index (χ2n) is 5.67. The normalized spacial score (nSPS) is 14.5. The Balaban J connectivity index is 1.48. The van der Waals surface area contributed by atoms with Gasteiger partial charge in [0.2, 0.25) is 0 Å². The van der Waals surface area contributed by atoms with Crippen molar-refractivity contribution in [2.24, 2.45) is 0 Å². The standard InChI is InChI=1S/C17H14N4O3/c22-15-12-3-1-11(8-13(12)16(23)21-15)20-17(24)19-10-2-4-14-9(7-10)5-6-18-14/h1-4,7-8,18H,5-6H2,(H2,19,20,24)(H,21,22,23). The fourth-order valence-electron chi connectivity index (χ4n) is 2.92. The van der Waals surface area contributed by atoms with E-state index in [1.807, 2.05) is 18.2 Å². The number of anilines is 3. The zero-order chi connectivity index (χ0) is 16.7. The van der Waals surface area contributed by atoms with Crippen molar-refractivity contribution in [2.75, 3.05) is 22.5 Å². The molecule has 0 radical (unpaired) electrons. The second-order valence-corrected chi connectivity index (χ2v) is 5.67. The largest absolute Gasteiger partial charge is 0.384 e. The summed E-state index contributed by atoms with van der Waals surface area (Å²) in [6.45, 7) is 0.904. The molecule has 2 aromatic rings. The van der Waals surface area contributed by atoms with Crippen molar-refractivity contribution in [2.45, 2.75) is 6.42 Å². The SMILES string of the molecule is O=C(Nc1ccc2c(c1)CCN2)Nc1ccc2c(c1)C(=O)NC2=O. The van der Waals surface area contributed by atoms with Gasteiger partial charge in [-0.3, -0.25) is 14.9 Å². The number of carbonyl (C=O) groups is 3.